The molecule has 0 aliphatic heterocycles. The third-order valence-corrected chi connectivity index (χ3v) is 2.78. The summed E-state index contributed by atoms with van der Waals surface area (Å²) in [5.74, 6) is 6.42. The second-order valence-electron chi connectivity index (χ2n) is 3.50. The van der Waals surface area contributed by atoms with Crippen molar-refractivity contribution in [2.75, 3.05) is 17.4 Å². The molecule has 0 aliphatic carbocycles. The Bertz CT molecular complexity index is 487. The summed E-state index contributed by atoms with van der Waals surface area (Å²) in [6.07, 6.45) is 5.00. The summed E-state index contributed by atoms with van der Waals surface area (Å²) < 4.78 is 5.83. The molecule has 2 heterocycles. The molecule has 0 aromatic carbocycles. The minimum Gasteiger partial charge on any atom is -0.472 e. The fraction of sp³-hybridized carbons (Fsp3) is 0.200. The number of rotatable bonds is 4. The van der Waals surface area contributed by atoms with Crippen LogP contribution >= 0.6 is 15.9 Å². The Labute approximate surface area is 107 Å². The quantitative estimate of drug-likeness (QED) is 0.661. The van der Waals surface area contributed by atoms with Crippen LogP contribution in [0.5, 0.6) is 0 Å². The van der Waals surface area contributed by atoms with Gasteiger partial charge in [-0.2, -0.15) is 4.98 Å². The highest BCUT2D eigenvalue weighted by Gasteiger charge is 2.10. The molecule has 2 aromatic heterocycles. The molecule has 0 spiro atoms. The van der Waals surface area contributed by atoms with Gasteiger partial charge in [0.05, 0.1) is 17.0 Å². The van der Waals surface area contributed by atoms with Crippen molar-refractivity contribution in [3.63, 3.8) is 0 Å². The number of hydrogen-bond acceptors (Lipinski definition) is 6. The molecular weight excluding hydrogens is 286 g/mol. The van der Waals surface area contributed by atoms with Crippen molar-refractivity contribution < 1.29 is 4.42 Å². The molecular formula is C10H12BrN5O. The maximum absolute atomic E-state index is 5.28. The lowest BCUT2D eigenvalue weighted by atomic mass is 10.3. The van der Waals surface area contributed by atoms with E-state index in [9.17, 15) is 0 Å². The lowest BCUT2D eigenvalue weighted by molar-refractivity contribution is 0.563. The van der Waals surface area contributed by atoms with Crippen molar-refractivity contribution in [2.24, 2.45) is 5.84 Å². The molecule has 0 amide bonds. The van der Waals surface area contributed by atoms with E-state index >= 15 is 0 Å². The van der Waals surface area contributed by atoms with E-state index in [1.807, 2.05) is 18.0 Å². The Morgan fingerprint density at radius 1 is 1.59 bits per heavy atom. The van der Waals surface area contributed by atoms with Gasteiger partial charge in [-0.05, 0) is 22.0 Å². The lowest BCUT2D eigenvalue weighted by Crippen LogP contribution is -2.20. The number of anilines is 2. The first-order valence-corrected chi connectivity index (χ1v) is 5.71. The Kier molecular flexibility index (Phi) is 3.60. The SMILES string of the molecule is CN(Cc1ccoc1)c1nc(NN)ncc1Br. The van der Waals surface area contributed by atoms with Crippen LogP contribution < -0.4 is 16.2 Å². The zero-order valence-electron chi connectivity index (χ0n) is 9.22. The summed E-state index contributed by atoms with van der Waals surface area (Å²) >= 11 is 3.41. The lowest BCUT2D eigenvalue weighted by Gasteiger charge is -2.18. The molecule has 17 heavy (non-hydrogen) atoms. The van der Waals surface area contributed by atoms with E-state index in [1.165, 1.54) is 0 Å². The smallest absolute Gasteiger partial charge is 0.239 e. The monoisotopic (exact) mass is 297 g/mol. The predicted octanol–water partition coefficient (Wildman–Crippen LogP) is 1.75. The molecule has 0 radical (unpaired) electrons. The van der Waals surface area contributed by atoms with Crippen molar-refractivity contribution in [3.8, 4) is 0 Å². The van der Waals surface area contributed by atoms with Crippen LogP contribution in [-0.2, 0) is 6.54 Å². The van der Waals surface area contributed by atoms with Crippen LogP contribution in [0.25, 0.3) is 0 Å². The van der Waals surface area contributed by atoms with Gasteiger partial charge in [0.2, 0.25) is 5.95 Å². The molecule has 90 valence electrons. The molecule has 0 unspecified atom stereocenters. The highest BCUT2D eigenvalue weighted by Crippen LogP contribution is 2.24. The molecule has 0 saturated heterocycles. The van der Waals surface area contributed by atoms with Gasteiger partial charge in [-0.15, -0.1) is 0 Å². The Morgan fingerprint density at radius 3 is 3.06 bits per heavy atom. The second kappa shape index (κ2) is 5.15. The van der Waals surface area contributed by atoms with Gasteiger partial charge in [0.15, 0.2) is 0 Å². The number of nitrogens with zero attached hydrogens (tertiary/aromatic N) is 3. The van der Waals surface area contributed by atoms with Crippen molar-refractivity contribution in [1.82, 2.24) is 9.97 Å². The van der Waals surface area contributed by atoms with Crippen LogP contribution in [0.1, 0.15) is 5.56 Å². The topological polar surface area (TPSA) is 80.2 Å². The molecule has 0 bridgehead atoms. The Balaban J connectivity index is 2.20. The first kappa shape index (κ1) is 11.9. The zero-order chi connectivity index (χ0) is 12.3. The summed E-state index contributed by atoms with van der Waals surface area (Å²) in [5.41, 5.74) is 3.49. The second-order valence-corrected chi connectivity index (χ2v) is 4.35. The van der Waals surface area contributed by atoms with Gasteiger partial charge in [-0.25, -0.2) is 10.8 Å². The van der Waals surface area contributed by atoms with Gasteiger partial charge in [0.1, 0.15) is 5.82 Å². The normalized spacial score (nSPS) is 10.3. The van der Waals surface area contributed by atoms with E-state index in [-0.39, 0.29) is 0 Å². The van der Waals surface area contributed by atoms with E-state index in [2.05, 4.69) is 31.3 Å². The molecule has 6 nitrogen and oxygen atoms in total. The van der Waals surface area contributed by atoms with Crippen molar-refractivity contribution in [1.29, 1.82) is 0 Å². The van der Waals surface area contributed by atoms with Gasteiger partial charge in [0.25, 0.3) is 0 Å². The summed E-state index contributed by atoms with van der Waals surface area (Å²) in [6.45, 7) is 0.691. The number of halogens is 1. The van der Waals surface area contributed by atoms with Gasteiger partial charge in [-0.3, -0.25) is 5.43 Å². The predicted molar refractivity (Wildman–Crippen MR) is 68.4 cm³/mol. The number of nitrogens with one attached hydrogen (secondary N) is 1. The van der Waals surface area contributed by atoms with Crippen LogP contribution in [-0.4, -0.2) is 17.0 Å². The Morgan fingerprint density at radius 2 is 2.41 bits per heavy atom. The van der Waals surface area contributed by atoms with Crippen LogP contribution in [0.2, 0.25) is 0 Å². The minimum atomic E-state index is 0.377. The van der Waals surface area contributed by atoms with E-state index < -0.39 is 0 Å². The van der Waals surface area contributed by atoms with Crippen molar-refractivity contribution >= 4 is 27.7 Å². The minimum absolute atomic E-state index is 0.377. The van der Waals surface area contributed by atoms with Gasteiger partial charge < -0.3 is 9.32 Å². The van der Waals surface area contributed by atoms with Crippen LogP contribution in [0.3, 0.4) is 0 Å². The molecule has 0 atom stereocenters. The molecule has 7 heteroatoms. The van der Waals surface area contributed by atoms with E-state index in [1.54, 1.807) is 18.7 Å². The van der Waals surface area contributed by atoms with E-state index in [4.69, 9.17) is 10.3 Å². The number of hydrazine groups is 1. The highest BCUT2D eigenvalue weighted by atomic mass is 79.9. The van der Waals surface area contributed by atoms with Crippen LogP contribution in [0, 0.1) is 0 Å². The van der Waals surface area contributed by atoms with E-state index in [0.717, 1.165) is 15.9 Å². The van der Waals surface area contributed by atoms with Gasteiger partial charge in [-0.1, -0.05) is 0 Å². The largest absolute Gasteiger partial charge is 0.472 e. The average molecular weight is 298 g/mol. The molecule has 2 rings (SSSR count). The third-order valence-electron chi connectivity index (χ3n) is 2.22. The maximum atomic E-state index is 5.28. The molecule has 0 aliphatic rings. The summed E-state index contributed by atoms with van der Waals surface area (Å²) in [5, 5.41) is 0. The van der Waals surface area contributed by atoms with Gasteiger partial charge >= 0.3 is 0 Å². The number of furan rings is 1. The third kappa shape index (κ3) is 2.75. The molecule has 0 fully saturated rings. The first-order chi connectivity index (χ1) is 8.20. The first-order valence-electron chi connectivity index (χ1n) is 4.92. The number of aromatic nitrogens is 2. The number of nitrogens with two attached hydrogens (primary N) is 1. The van der Waals surface area contributed by atoms with E-state index in [0.29, 0.717) is 12.5 Å². The fourth-order valence-electron chi connectivity index (χ4n) is 1.43. The van der Waals surface area contributed by atoms with Crippen molar-refractivity contribution in [2.45, 2.75) is 6.54 Å². The zero-order valence-corrected chi connectivity index (χ0v) is 10.8. The average Bonchev–Trinajstić information content (AvgIpc) is 2.82. The molecule has 3 N–H and O–H groups in total. The summed E-state index contributed by atoms with van der Waals surface area (Å²) in [7, 11) is 1.93. The number of hydrogen-bond donors (Lipinski definition) is 2. The summed E-state index contributed by atoms with van der Waals surface area (Å²) in [6, 6.07) is 1.91. The Hall–Kier alpha value is -1.60. The molecule has 2 aromatic rings. The highest BCUT2D eigenvalue weighted by molar-refractivity contribution is 9.10. The van der Waals surface area contributed by atoms with Crippen LogP contribution in [0.15, 0.2) is 33.7 Å². The van der Waals surface area contributed by atoms with Gasteiger partial charge in [0, 0.05) is 25.4 Å². The number of nitrogen functional groups attached to an aromatic ring is 1. The molecule has 0 saturated carbocycles. The summed E-state index contributed by atoms with van der Waals surface area (Å²) in [4.78, 5) is 10.2. The van der Waals surface area contributed by atoms with Crippen LogP contribution in [0.4, 0.5) is 11.8 Å². The van der Waals surface area contributed by atoms with Crippen molar-refractivity contribution in [3.05, 3.63) is 34.8 Å². The maximum Gasteiger partial charge on any atom is 0.239 e. The fourth-order valence-corrected chi connectivity index (χ4v) is 1.92. The standard InChI is InChI=1S/C10H12BrN5O/c1-16(5-7-2-3-17-6-7)9-8(11)4-13-10(14-9)15-12/h2-4,6H,5,12H2,1H3,(H,13,14,15).